The number of ether oxygens (including phenoxy) is 1. The molecule has 2 rings (SSSR count). The summed E-state index contributed by atoms with van der Waals surface area (Å²) in [4.78, 5) is 11.7. The van der Waals surface area contributed by atoms with Gasteiger partial charge in [-0.2, -0.15) is 0 Å². The molecule has 0 radical (unpaired) electrons. The standard InChI is InChI=1S/C16H17NO2/c1-12-5-3-7-14(9-12)17-16(18)11-19-15-8-4-6-13(2)10-15/h3-10H,11H2,1-2H3,(H,17,18). The fraction of sp³-hybridized carbons (Fsp3) is 0.188. The van der Waals surface area contributed by atoms with Crippen LogP contribution in [-0.4, -0.2) is 12.5 Å². The fourth-order valence-corrected chi connectivity index (χ4v) is 1.77. The molecule has 0 spiro atoms. The van der Waals surface area contributed by atoms with Crippen LogP contribution in [0.25, 0.3) is 0 Å². The van der Waals surface area contributed by atoms with Crippen molar-refractivity contribution in [3.8, 4) is 5.75 Å². The Morgan fingerprint density at radius 2 is 1.74 bits per heavy atom. The summed E-state index contributed by atoms with van der Waals surface area (Å²) in [5, 5.41) is 2.80. The lowest BCUT2D eigenvalue weighted by Crippen LogP contribution is -2.20. The predicted octanol–water partition coefficient (Wildman–Crippen LogP) is 3.32. The molecule has 3 nitrogen and oxygen atoms in total. The van der Waals surface area contributed by atoms with Crippen LogP contribution >= 0.6 is 0 Å². The molecule has 0 saturated carbocycles. The molecule has 0 atom stereocenters. The third-order valence-electron chi connectivity index (χ3n) is 2.66. The van der Waals surface area contributed by atoms with Gasteiger partial charge in [-0.3, -0.25) is 4.79 Å². The molecule has 0 bridgehead atoms. The highest BCUT2D eigenvalue weighted by molar-refractivity contribution is 5.91. The van der Waals surface area contributed by atoms with Gasteiger partial charge in [0.25, 0.3) is 5.91 Å². The lowest BCUT2D eigenvalue weighted by molar-refractivity contribution is -0.118. The lowest BCUT2D eigenvalue weighted by Gasteiger charge is -2.08. The van der Waals surface area contributed by atoms with E-state index in [1.807, 2.05) is 62.4 Å². The zero-order valence-electron chi connectivity index (χ0n) is 11.1. The molecule has 0 saturated heterocycles. The maximum atomic E-state index is 11.7. The SMILES string of the molecule is Cc1cccc(NC(=O)COc2cccc(C)c2)c1. The zero-order chi connectivity index (χ0) is 13.7. The van der Waals surface area contributed by atoms with Crippen molar-refractivity contribution in [2.45, 2.75) is 13.8 Å². The summed E-state index contributed by atoms with van der Waals surface area (Å²) in [7, 11) is 0. The first kappa shape index (κ1) is 13.1. The molecular formula is C16H17NO2. The number of nitrogens with one attached hydrogen (secondary N) is 1. The molecule has 0 aromatic heterocycles. The molecule has 0 heterocycles. The Balaban J connectivity index is 1.88. The summed E-state index contributed by atoms with van der Waals surface area (Å²) in [5.74, 6) is 0.548. The number of aryl methyl sites for hydroxylation is 2. The van der Waals surface area contributed by atoms with Crippen molar-refractivity contribution in [2.24, 2.45) is 0 Å². The van der Waals surface area contributed by atoms with E-state index in [0.717, 1.165) is 16.8 Å². The minimum atomic E-state index is -0.160. The van der Waals surface area contributed by atoms with Crippen LogP contribution in [0.4, 0.5) is 5.69 Å². The predicted molar refractivity (Wildman–Crippen MR) is 76.5 cm³/mol. The number of hydrogen-bond donors (Lipinski definition) is 1. The Hall–Kier alpha value is -2.29. The molecule has 3 heteroatoms. The topological polar surface area (TPSA) is 38.3 Å². The van der Waals surface area contributed by atoms with Gasteiger partial charge in [-0.15, -0.1) is 0 Å². The highest BCUT2D eigenvalue weighted by atomic mass is 16.5. The minimum absolute atomic E-state index is 0.0113. The molecule has 0 fully saturated rings. The number of rotatable bonds is 4. The molecule has 0 unspecified atom stereocenters. The van der Waals surface area contributed by atoms with Gasteiger partial charge in [0.1, 0.15) is 5.75 Å². The van der Waals surface area contributed by atoms with Crippen LogP contribution < -0.4 is 10.1 Å². The maximum absolute atomic E-state index is 11.7. The summed E-state index contributed by atoms with van der Waals surface area (Å²) in [6.07, 6.45) is 0. The molecule has 2 aromatic rings. The highest BCUT2D eigenvalue weighted by Crippen LogP contribution is 2.13. The second-order valence-corrected chi connectivity index (χ2v) is 4.52. The van der Waals surface area contributed by atoms with E-state index in [4.69, 9.17) is 4.74 Å². The number of hydrogen-bond acceptors (Lipinski definition) is 2. The van der Waals surface area contributed by atoms with Crippen molar-refractivity contribution in [3.63, 3.8) is 0 Å². The zero-order valence-corrected chi connectivity index (χ0v) is 11.1. The molecule has 19 heavy (non-hydrogen) atoms. The van der Waals surface area contributed by atoms with E-state index < -0.39 is 0 Å². The second kappa shape index (κ2) is 6.05. The molecule has 0 aliphatic rings. The van der Waals surface area contributed by atoms with Gasteiger partial charge >= 0.3 is 0 Å². The van der Waals surface area contributed by atoms with Crippen LogP contribution in [0.1, 0.15) is 11.1 Å². The summed E-state index contributed by atoms with van der Waals surface area (Å²) in [6, 6.07) is 15.3. The number of benzene rings is 2. The van der Waals surface area contributed by atoms with Crippen molar-refractivity contribution >= 4 is 11.6 Å². The van der Waals surface area contributed by atoms with Gasteiger partial charge in [0.15, 0.2) is 6.61 Å². The highest BCUT2D eigenvalue weighted by Gasteiger charge is 2.03. The first-order valence-electron chi connectivity index (χ1n) is 6.19. The first-order chi connectivity index (χ1) is 9.13. The van der Waals surface area contributed by atoms with E-state index in [9.17, 15) is 4.79 Å². The number of carbonyl (C=O) groups is 1. The molecule has 1 amide bonds. The van der Waals surface area contributed by atoms with E-state index in [1.54, 1.807) is 0 Å². The Labute approximate surface area is 113 Å². The van der Waals surface area contributed by atoms with Crippen LogP contribution in [0, 0.1) is 13.8 Å². The molecule has 0 aliphatic heterocycles. The van der Waals surface area contributed by atoms with Gasteiger partial charge < -0.3 is 10.1 Å². The van der Waals surface area contributed by atoms with Gasteiger partial charge in [-0.25, -0.2) is 0 Å². The Kier molecular flexibility index (Phi) is 4.18. The Bertz CT molecular complexity index is 578. The van der Waals surface area contributed by atoms with Crippen molar-refractivity contribution in [1.29, 1.82) is 0 Å². The summed E-state index contributed by atoms with van der Waals surface area (Å²) in [5.41, 5.74) is 3.01. The van der Waals surface area contributed by atoms with Crippen molar-refractivity contribution in [3.05, 3.63) is 59.7 Å². The lowest BCUT2D eigenvalue weighted by atomic mass is 10.2. The molecule has 0 aliphatic carbocycles. The van der Waals surface area contributed by atoms with E-state index in [1.165, 1.54) is 0 Å². The smallest absolute Gasteiger partial charge is 0.262 e. The summed E-state index contributed by atoms with van der Waals surface area (Å²) in [6.45, 7) is 3.98. The quantitative estimate of drug-likeness (QED) is 0.910. The van der Waals surface area contributed by atoms with E-state index in [0.29, 0.717) is 5.75 Å². The number of anilines is 1. The number of carbonyl (C=O) groups excluding carboxylic acids is 1. The largest absolute Gasteiger partial charge is 0.484 e. The van der Waals surface area contributed by atoms with Crippen LogP contribution in [0.3, 0.4) is 0 Å². The van der Waals surface area contributed by atoms with Gasteiger partial charge in [0, 0.05) is 5.69 Å². The monoisotopic (exact) mass is 255 g/mol. The van der Waals surface area contributed by atoms with E-state index in [2.05, 4.69) is 5.32 Å². The van der Waals surface area contributed by atoms with Crippen LogP contribution in [0.5, 0.6) is 5.75 Å². The van der Waals surface area contributed by atoms with Gasteiger partial charge in [-0.1, -0.05) is 24.3 Å². The minimum Gasteiger partial charge on any atom is -0.484 e. The Morgan fingerprint density at radius 1 is 1.05 bits per heavy atom. The molecule has 1 N–H and O–H groups in total. The first-order valence-corrected chi connectivity index (χ1v) is 6.19. The third-order valence-corrected chi connectivity index (χ3v) is 2.66. The summed E-state index contributed by atoms with van der Waals surface area (Å²) >= 11 is 0. The van der Waals surface area contributed by atoms with E-state index in [-0.39, 0.29) is 12.5 Å². The average molecular weight is 255 g/mol. The molecule has 2 aromatic carbocycles. The van der Waals surface area contributed by atoms with Gasteiger partial charge in [0.05, 0.1) is 0 Å². The van der Waals surface area contributed by atoms with Crippen molar-refractivity contribution in [2.75, 3.05) is 11.9 Å². The summed E-state index contributed by atoms with van der Waals surface area (Å²) < 4.78 is 5.44. The Morgan fingerprint density at radius 3 is 2.42 bits per heavy atom. The average Bonchev–Trinajstić information content (AvgIpc) is 2.36. The fourth-order valence-electron chi connectivity index (χ4n) is 1.77. The van der Waals surface area contributed by atoms with Crippen LogP contribution in [-0.2, 0) is 4.79 Å². The van der Waals surface area contributed by atoms with Crippen LogP contribution in [0.15, 0.2) is 48.5 Å². The molecule has 98 valence electrons. The van der Waals surface area contributed by atoms with Crippen LogP contribution in [0.2, 0.25) is 0 Å². The second-order valence-electron chi connectivity index (χ2n) is 4.52. The molecular weight excluding hydrogens is 238 g/mol. The van der Waals surface area contributed by atoms with Gasteiger partial charge in [0.2, 0.25) is 0 Å². The number of amides is 1. The normalized spacial score (nSPS) is 10.0. The maximum Gasteiger partial charge on any atom is 0.262 e. The van der Waals surface area contributed by atoms with Crippen molar-refractivity contribution < 1.29 is 9.53 Å². The van der Waals surface area contributed by atoms with E-state index >= 15 is 0 Å². The van der Waals surface area contributed by atoms with Gasteiger partial charge in [-0.05, 0) is 49.2 Å². The van der Waals surface area contributed by atoms with Crippen molar-refractivity contribution in [1.82, 2.24) is 0 Å². The third kappa shape index (κ3) is 4.14.